The van der Waals surface area contributed by atoms with E-state index in [-0.39, 0.29) is 11.4 Å². The summed E-state index contributed by atoms with van der Waals surface area (Å²) in [5.41, 5.74) is 8.26. The average molecular weight is 383 g/mol. The Morgan fingerprint density at radius 3 is 2.96 bits per heavy atom. The molecule has 0 amide bonds. The first-order valence-corrected chi connectivity index (χ1v) is 9.32. The second-order valence-corrected chi connectivity index (χ2v) is 7.34. The molecular weight excluding hydrogens is 366 g/mol. The van der Waals surface area contributed by atoms with Crippen molar-refractivity contribution in [1.82, 2.24) is 9.97 Å². The first kappa shape index (κ1) is 17.4. The Kier molecular flexibility index (Phi) is 4.51. The van der Waals surface area contributed by atoms with Crippen molar-refractivity contribution in [2.75, 3.05) is 0 Å². The molecule has 7 nitrogen and oxygen atoms in total. The molecular formula is C19H17N3O4S. The van der Waals surface area contributed by atoms with Gasteiger partial charge < -0.3 is 20.2 Å². The fraction of sp³-hybridized carbons (Fsp3) is 0.211. The number of nitrogens with one attached hydrogen (secondary N) is 1. The van der Waals surface area contributed by atoms with E-state index in [1.54, 1.807) is 6.26 Å². The number of benzene rings is 1. The summed E-state index contributed by atoms with van der Waals surface area (Å²) in [6.07, 6.45) is 4.62. The largest absolute Gasteiger partial charge is 0.475 e. The molecule has 0 atom stereocenters. The highest BCUT2D eigenvalue weighted by Crippen LogP contribution is 2.34. The summed E-state index contributed by atoms with van der Waals surface area (Å²) in [6.45, 7) is 0.584. The van der Waals surface area contributed by atoms with Crippen LogP contribution in [0.5, 0.6) is 0 Å². The predicted octanol–water partition coefficient (Wildman–Crippen LogP) is 3.06. The number of H-pyrrole nitrogens is 1. The summed E-state index contributed by atoms with van der Waals surface area (Å²) in [5.74, 6) is -1.48. The molecule has 5 rings (SSSR count). The SMILES string of the molecule is NCc1ccc2occc2c1.O=C(O)c1nc2sc3c(c2c(=O)[nH]1)CCC3. The Morgan fingerprint density at radius 2 is 2.19 bits per heavy atom. The molecule has 0 saturated heterocycles. The monoisotopic (exact) mass is 383 g/mol. The van der Waals surface area contributed by atoms with Crippen molar-refractivity contribution in [1.29, 1.82) is 0 Å². The van der Waals surface area contributed by atoms with Crippen LogP contribution in [-0.4, -0.2) is 21.0 Å². The highest BCUT2D eigenvalue weighted by molar-refractivity contribution is 7.18. The fourth-order valence-electron chi connectivity index (χ4n) is 3.25. The summed E-state index contributed by atoms with van der Waals surface area (Å²) >= 11 is 1.44. The van der Waals surface area contributed by atoms with E-state index in [1.807, 2.05) is 24.3 Å². The molecule has 27 heavy (non-hydrogen) atoms. The maximum absolute atomic E-state index is 11.8. The number of aromatic carboxylic acids is 1. The number of carbonyl (C=O) groups is 1. The summed E-state index contributed by atoms with van der Waals surface area (Å²) in [7, 11) is 0. The maximum Gasteiger partial charge on any atom is 0.372 e. The molecule has 4 N–H and O–H groups in total. The van der Waals surface area contributed by atoms with Gasteiger partial charge in [0.2, 0.25) is 5.82 Å². The zero-order valence-corrected chi connectivity index (χ0v) is 15.1. The van der Waals surface area contributed by atoms with Gasteiger partial charge in [-0.1, -0.05) is 6.07 Å². The molecule has 0 bridgehead atoms. The number of hydrogen-bond acceptors (Lipinski definition) is 6. The lowest BCUT2D eigenvalue weighted by atomic mass is 10.2. The van der Waals surface area contributed by atoms with Gasteiger partial charge in [0.25, 0.3) is 5.56 Å². The molecule has 138 valence electrons. The number of carboxylic acid groups (broad SMARTS) is 1. The molecule has 0 fully saturated rings. The number of thiophene rings is 1. The van der Waals surface area contributed by atoms with Crippen LogP contribution < -0.4 is 11.3 Å². The predicted molar refractivity (Wildman–Crippen MR) is 103 cm³/mol. The van der Waals surface area contributed by atoms with Crippen LogP contribution >= 0.6 is 11.3 Å². The smallest absolute Gasteiger partial charge is 0.372 e. The van der Waals surface area contributed by atoms with E-state index in [2.05, 4.69) is 9.97 Å². The van der Waals surface area contributed by atoms with Gasteiger partial charge in [-0.05, 0) is 48.6 Å². The topological polar surface area (TPSA) is 122 Å². The summed E-state index contributed by atoms with van der Waals surface area (Å²) < 4.78 is 5.18. The number of rotatable bonds is 2. The number of nitrogens with zero attached hydrogens (tertiary/aromatic N) is 1. The van der Waals surface area contributed by atoms with Crippen molar-refractivity contribution in [3.63, 3.8) is 0 Å². The number of aromatic amines is 1. The Morgan fingerprint density at radius 1 is 1.33 bits per heavy atom. The lowest BCUT2D eigenvalue weighted by Crippen LogP contribution is -2.15. The van der Waals surface area contributed by atoms with E-state index in [4.69, 9.17) is 15.3 Å². The number of fused-ring (bicyclic) bond motifs is 4. The second-order valence-electron chi connectivity index (χ2n) is 6.25. The van der Waals surface area contributed by atoms with E-state index in [0.717, 1.165) is 41.4 Å². The highest BCUT2D eigenvalue weighted by Gasteiger charge is 2.22. The van der Waals surface area contributed by atoms with Gasteiger partial charge in [-0.15, -0.1) is 11.3 Å². The van der Waals surface area contributed by atoms with Gasteiger partial charge in [-0.3, -0.25) is 4.79 Å². The van der Waals surface area contributed by atoms with E-state index in [1.165, 1.54) is 16.2 Å². The fourth-order valence-corrected chi connectivity index (χ4v) is 4.51. The molecule has 1 aliphatic rings. The Balaban J connectivity index is 0.000000143. The number of carboxylic acids is 1. The molecule has 8 heteroatoms. The van der Waals surface area contributed by atoms with E-state index in [0.29, 0.717) is 16.8 Å². The van der Waals surface area contributed by atoms with Crippen molar-refractivity contribution in [2.24, 2.45) is 5.73 Å². The third kappa shape index (κ3) is 3.24. The normalized spacial score (nSPS) is 12.8. The molecule has 3 heterocycles. The lowest BCUT2D eigenvalue weighted by molar-refractivity contribution is 0.0683. The molecule has 1 aliphatic carbocycles. The zero-order chi connectivity index (χ0) is 19.0. The molecule has 1 aromatic carbocycles. The molecule has 0 saturated carbocycles. The van der Waals surface area contributed by atoms with Crippen molar-refractivity contribution >= 4 is 38.5 Å². The van der Waals surface area contributed by atoms with Crippen LogP contribution in [0, 0.1) is 0 Å². The Hall–Kier alpha value is -2.97. The number of nitrogens with two attached hydrogens (primary N) is 1. The van der Waals surface area contributed by atoms with Crippen LogP contribution in [0.2, 0.25) is 0 Å². The Labute approximate surface area is 157 Å². The molecule has 0 spiro atoms. The number of hydrogen-bond donors (Lipinski definition) is 3. The van der Waals surface area contributed by atoms with Gasteiger partial charge in [0, 0.05) is 16.8 Å². The molecule has 0 unspecified atom stereocenters. The highest BCUT2D eigenvalue weighted by atomic mass is 32.1. The number of aromatic nitrogens is 2. The van der Waals surface area contributed by atoms with Gasteiger partial charge in [0.1, 0.15) is 10.4 Å². The van der Waals surface area contributed by atoms with Crippen molar-refractivity contribution in [3.8, 4) is 0 Å². The van der Waals surface area contributed by atoms with Gasteiger partial charge in [-0.2, -0.15) is 0 Å². The van der Waals surface area contributed by atoms with Crippen molar-refractivity contribution < 1.29 is 14.3 Å². The van der Waals surface area contributed by atoms with E-state index >= 15 is 0 Å². The van der Waals surface area contributed by atoms with Gasteiger partial charge in [-0.25, -0.2) is 9.78 Å². The maximum atomic E-state index is 11.8. The minimum Gasteiger partial charge on any atom is -0.475 e. The zero-order valence-electron chi connectivity index (χ0n) is 14.3. The molecule has 3 aromatic heterocycles. The van der Waals surface area contributed by atoms with Crippen molar-refractivity contribution in [2.45, 2.75) is 25.8 Å². The number of furan rings is 1. The van der Waals surface area contributed by atoms with Gasteiger partial charge >= 0.3 is 5.97 Å². The van der Waals surface area contributed by atoms with Crippen LogP contribution in [0.4, 0.5) is 0 Å². The minimum absolute atomic E-state index is 0.280. The van der Waals surface area contributed by atoms with Crippen LogP contribution in [-0.2, 0) is 19.4 Å². The second kappa shape index (κ2) is 6.98. The quantitative estimate of drug-likeness (QED) is 0.489. The van der Waals surface area contributed by atoms with Crippen LogP contribution in [0.1, 0.15) is 33.0 Å². The first-order chi connectivity index (χ1) is 13.1. The first-order valence-electron chi connectivity index (χ1n) is 8.51. The van der Waals surface area contributed by atoms with Crippen molar-refractivity contribution in [3.05, 3.63) is 62.7 Å². The average Bonchev–Trinajstić information content (AvgIpc) is 3.36. The van der Waals surface area contributed by atoms with Crippen LogP contribution in [0.25, 0.3) is 21.2 Å². The standard InChI is InChI=1S/C10H8N2O3S.C9H9NO/c13-8-6-4-2-1-3-5(4)16-9(6)12-7(11-8)10(14)15;10-6-7-1-2-9-8(5-7)3-4-11-9/h1-3H2,(H,14,15)(H,11,12,13);1-5H,6,10H2. The third-order valence-corrected chi connectivity index (χ3v) is 5.72. The van der Waals surface area contributed by atoms with Crippen LogP contribution in [0.3, 0.4) is 0 Å². The Bertz CT molecular complexity index is 1200. The minimum atomic E-state index is -1.20. The summed E-state index contributed by atoms with van der Waals surface area (Å²) in [6, 6.07) is 7.90. The molecule has 0 radical (unpaired) electrons. The van der Waals surface area contributed by atoms with Crippen LogP contribution in [0.15, 0.2) is 39.7 Å². The van der Waals surface area contributed by atoms with Gasteiger partial charge in [0.05, 0.1) is 11.6 Å². The third-order valence-electron chi connectivity index (χ3n) is 4.53. The van der Waals surface area contributed by atoms with Gasteiger partial charge in [0.15, 0.2) is 0 Å². The summed E-state index contributed by atoms with van der Waals surface area (Å²) in [5, 5.41) is 10.5. The molecule has 4 aromatic rings. The summed E-state index contributed by atoms with van der Waals surface area (Å²) in [4.78, 5) is 30.5. The van der Waals surface area contributed by atoms with E-state index in [9.17, 15) is 9.59 Å². The molecule has 0 aliphatic heterocycles. The number of aryl methyl sites for hydroxylation is 2. The van der Waals surface area contributed by atoms with E-state index < -0.39 is 5.97 Å². The lowest BCUT2D eigenvalue weighted by Gasteiger charge is -1.95.